The lowest BCUT2D eigenvalue weighted by Crippen LogP contribution is -2.38. The van der Waals surface area contributed by atoms with E-state index in [1.807, 2.05) is 13.0 Å². The third kappa shape index (κ3) is 3.52. The Labute approximate surface area is 153 Å². The maximum Gasteiger partial charge on any atom is 0.229 e. The van der Waals surface area contributed by atoms with Crippen LogP contribution in [0.1, 0.15) is 17.8 Å². The molecule has 1 aliphatic heterocycles. The molecule has 0 aliphatic carbocycles. The first-order valence-electron chi connectivity index (χ1n) is 8.22. The first-order valence-corrected chi connectivity index (χ1v) is 9.03. The Balaban J connectivity index is 1.37. The van der Waals surface area contributed by atoms with E-state index in [0.717, 1.165) is 36.8 Å². The Kier molecular flexibility index (Phi) is 4.52. The molecule has 0 radical (unpaired) electrons. The summed E-state index contributed by atoms with van der Waals surface area (Å²) in [5, 5.41) is 16.2. The fraction of sp³-hybridized carbons (Fsp3) is 0.400. The number of nitrogens with zero attached hydrogens (tertiary/aromatic N) is 8. The Bertz CT molecular complexity index is 886. The fourth-order valence-corrected chi connectivity index (χ4v) is 3.48. The van der Waals surface area contributed by atoms with E-state index in [1.54, 1.807) is 11.0 Å². The molecule has 1 aliphatic rings. The van der Waals surface area contributed by atoms with Gasteiger partial charge in [-0.15, -0.1) is 10.2 Å². The van der Waals surface area contributed by atoms with Crippen LogP contribution in [0.3, 0.4) is 0 Å². The van der Waals surface area contributed by atoms with Crippen molar-refractivity contribution in [3.63, 3.8) is 0 Å². The number of hydrogen-bond donors (Lipinski definition) is 1. The molecule has 1 N–H and O–H groups in total. The van der Waals surface area contributed by atoms with Gasteiger partial charge in [0.2, 0.25) is 11.0 Å². The third-order valence-corrected chi connectivity index (χ3v) is 4.99. The highest BCUT2D eigenvalue weighted by molar-refractivity contribution is 7.15. The highest BCUT2D eigenvalue weighted by Crippen LogP contribution is 2.24. The Morgan fingerprint density at radius 1 is 1.19 bits per heavy atom. The average Bonchev–Trinajstić information content (AvgIpc) is 3.34. The summed E-state index contributed by atoms with van der Waals surface area (Å²) in [6, 6.07) is 1.87. The Morgan fingerprint density at radius 3 is 2.69 bits per heavy atom. The van der Waals surface area contributed by atoms with Crippen LogP contribution in [0, 0.1) is 12.8 Å². The molecule has 11 heteroatoms. The predicted octanol–water partition coefficient (Wildman–Crippen LogP) is 1.07. The summed E-state index contributed by atoms with van der Waals surface area (Å²) in [5.41, 5.74) is 0. The van der Waals surface area contributed by atoms with Crippen LogP contribution >= 0.6 is 11.3 Å². The largest absolute Gasteiger partial charge is 0.356 e. The van der Waals surface area contributed by atoms with Gasteiger partial charge in [-0.05, 0) is 19.8 Å². The van der Waals surface area contributed by atoms with Gasteiger partial charge in [-0.2, -0.15) is 5.10 Å². The van der Waals surface area contributed by atoms with Crippen molar-refractivity contribution in [1.82, 2.24) is 34.9 Å². The molecule has 4 heterocycles. The number of amides is 1. The van der Waals surface area contributed by atoms with Gasteiger partial charge in [0, 0.05) is 25.1 Å². The second-order valence-electron chi connectivity index (χ2n) is 5.95. The lowest BCUT2D eigenvalue weighted by atomic mass is 9.96. The fourth-order valence-electron chi connectivity index (χ4n) is 2.89. The summed E-state index contributed by atoms with van der Waals surface area (Å²) < 4.78 is 1.59. The number of anilines is 2. The first-order chi connectivity index (χ1) is 12.7. The maximum absolute atomic E-state index is 12.4. The topological polar surface area (TPSA) is 115 Å². The summed E-state index contributed by atoms with van der Waals surface area (Å²) >= 11 is 1.38. The zero-order valence-corrected chi connectivity index (χ0v) is 14.9. The highest BCUT2D eigenvalue weighted by Gasteiger charge is 2.26. The Hall–Kier alpha value is -2.95. The van der Waals surface area contributed by atoms with Gasteiger partial charge >= 0.3 is 0 Å². The standard InChI is InChI=1S/C15H17N9OS/c1-10-21-22-15(26-10)20-14(25)11-2-4-23(5-3-11)12-6-13(18-8-17-12)24-9-16-7-19-24/h6-9,11H,2-5H2,1H3,(H,20,22,25). The van der Waals surface area contributed by atoms with E-state index in [-0.39, 0.29) is 11.8 Å². The molecule has 1 amide bonds. The molecular formula is C15H17N9OS. The van der Waals surface area contributed by atoms with Crippen molar-refractivity contribution >= 4 is 28.2 Å². The normalized spacial score (nSPS) is 15.2. The second-order valence-corrected chi connectivity index (χ2v) is 7.13. The predicted molar refractivity (Wildman–Crippen MR) is 95.2 cm³/mol. The number of nitrogens with one attached hydrogen (secondary N) is 1. The van der Waals surface area contributed by atoms with Crippen molar-refractivity contribution in [2.45, 2.75) is 19.8 Å². The molecular weight excluding hydrogens is 354 g/mol. The zero-order chi connectivity index (χ0) is 17.9. The monoisotopic (exact) mass is 371 g/mol. The zero-order valence-electron chi connectivity index (χ0n) is 14.1. The van der Waals surface area contributed by atoms with E-state index in [1.165, 1.54) is 24.0 Å². The van der Waals surface area contributed by atoms with Gasteiger partial charge in [0.15, 0.2) is 5.82 Å². The van der Waals surface area contributed by atoms with Crippen LogP contribution in [0.15, 0.2) is 25.0 Å². The molecule has 0 atom stereocenters. The van der Waals surface area contributed by atoms with Crippen molar-refractivity contribution in [1.29, 1.82) is 0 Å². The number of rotatable bonds is 4. The van der Waals surface area contributed by atoms with Gasteiger partial charge in [0.1, 0.15) is 29.8 Å². The molecule has 0 unspecified atom stereocenters. The van der Waals surface area contributed by atoms with E-state index in [0.29, 0.717) is 10.9 Å². The number of piperidine rings is 1. The van der Waals surface area contributed by atoms with Crippen molar-refractivity contribution in [2.75, 3.05) is 23.3 Å². The number of aryl methyl sites for hydroxylation is 1. The number of aromatic nitrogens is 7. The maximum atomic E-state index is 12.4. The van der Waals surface area contributed by atoms with Crippen molar-refractivity contribution < 1.29 is 4.79 Å². The summed E-state index contributed by atoms with van der Waals surface area (Å²) in [7, 11) is 0. The minimum Gasteiger partial charge on any atom is -0.356 e. The van der Waals surface area contributed by atoms with Crippen molar-refractivity contribution in [2.24, 2.45) is 5.92 Å². The molecule has 4 rings (SSSR count). The van der Waals surface area contributed by atoms with Crippen LogP contribution in [0.2, 0.25) is 0 Å². The van der Waals surface area contributed by atoms with Gasteiger partial charge in [-0.25, -0.2) is 19.6 Å². The number of carbonyl (C=O) groups excluding carboxylic acids is 1. The van der Waals surface area contributed by atoms with Crippen molar-refractivity contribution in [3.8, 4) is 5.82 Å². The quantitative estimate of drug-likeness (QED) is 0.724. The minimum atomic E-state index is -0.0351. The molecule has 10 nitrogen and oxygen atoms in total. The molecule has 0 bridgehead atoms. The van der Waals surface area contributed by atoms with Crippen LogP contribution in [-0.2, 0) is 4.79 Å². The van der Waals surface area contributed by atoms with Crippen LogP contribution in [-0.4, -0.2) is 53.9 Å². The molecule has 0 spiro atoms. The Morgan fingerprint density at radius 2 is 2.00 bits per heavy atom. The van der Waals surface area contributed by atoms with E-state index >= 15 is 0 Å². The van der Waals surface area contributed by atoms with Gasteiger partial charge in [-0.1, -0.05) is 11.3 Å². The summed E-state index contributed by atoms with van der Waals surface area (Å²) in [6.07, 6.45) is 6.09. The van der Waals surface area contributed by atoms with Gasteiger partial charge in [0.25, 0.3) is 0 Å². The highest BCUT2D eigenvalue weighted by atomic mass is 32.1. The smallest absolute Gasteiger partial charge is 0.229 e. The van der Waals surface area contributed by atoms with Crippen LogP contribution in [0.5, 0.6) is 0 Å². The van der Waals surface area contributed by atoms with E-state index in [9.17, 15) is 4.79 Å². The van der Waals surface area contributed by atoms with Crippen molar-refractivity contribution in [3.05, 3.63) is 30.1 Å². The minimum absolute atomic E-state index is 0.00629. The third-order valence-electron chi connectivity index (χ3n) is 4.24. The first kappa shape index (κ1) is 16.5. The molecule has 0 aromatic carbocycles. The SMILES string of the molecule is Cc1nnc(NC(=O)C2CCN(c3cc(-n4cncn4)ncn3)CC2)s1. The number of hydrogen-bond acceptors (Lipinski definition) is 9. The molecule has 3 aromatic rings. The molecule has 3 aromatic heterocycles. The summed E-state index contributed by atoms with van der Waals surface area (Å²) in [6.45, 7) is 3.36. The summed E-state index contributed by atoms with van der Waals surface area (Å²) in [5.74, 6) is 1.46. The van der Waals surface area contributed by atoms with E-state index in [2.05, 4.69) is 40.5 Å². The molecule has 0 saturated carbocycles. The van der Waals surface area contributed by atoms with E-state index in [4.69, 9.17) is 0 Å². The molecule has 1 fully saturated rings. The van der Waals surface area contributed by atoms with Gasteiger partial charge < -0.3 is 10.2 Å². The summed E-state index contributed by atoms with van der Waals surface area (Å²) in [4.78, 5) is 27.0. The lowest BCUT2D eigenvalue weighted by Gasteiger charge is -2.31. The van der Waals surface area contributed by atoms with E-state index < -0.39 is 0 Å². The van der Waals surface area contributed by atoms with Gasteiger partial charge in [0.05, 0.1) is 0 Å². The van der Waals surface area contributed by atoms with Crippen LogP contribution in [0.25, 0.3) is 5.82 Å². The molecule has 134 valence electrons. The van der Waals surface area contributed by atoms with Crippen LogP contribution < -0.4 is 10.2 Å². The molecule has 26 heavy (non-hydrogen) atoms. The lowest BCUT2D eigenvalue weighted by molar-refractivity contribution is -0.120. The number of carbonyl (C=O) groups is 1. The average molecular weight is 371 g/mol. The van der Waals surface area contributed by atoms with Gasteiger partial charge in [-0.3, -0.25) is 4.79 Å². The van der Waals surface area contributed by atoms with Crippen LogP contribution in [0.4, 0.5) is 10.9 Å². The molecule has 1 saturated heterocycles. The second kappa shape index (κ2) is 7.12.